The standard InChI is InChI=1S/C8H12N2O2.ClH/c1-12-8(11)7-4-6(2-3-9)5-10-7;/h4-5,10H,2-3,9H2,1H3;1H. The number of hydrogen-bond acceptors (Lipinski definition) is 3. The van der Waals surface area contributed by atoms with E-state index in [1.807, 2.05) is 0 Å². The molecule has 1 aromatic heterocycles. The Hall–Kier alpha value is -1.00. The van der Waals surface area contributed by atoms with Crippen molar-refractivity contribution in [3.63, 3.8) is 0 Å². The molecule has 0 unspecified atom stereocenters. The highest BCUT2D eigenvalue weighted by atomic mass is 35.5. The van der Waals surface area contributed by atoms with Crippen LogP contribution in [0.5, 0.6) is 0 Å². The third-order valence-corrected chi connectivity index (χ3v) is 1.58. The van der Waals surface area contributed by atoms with Crippen molar-refractivity contribution < 1.29 is 9.53 Å². The minimum atomic E-state index is -0.349. The molecule has 0 bridgehead atoms. The van der Waals surface area contributed by atoms with Gasteiger partial charge in [-0.25, -0.2) is 4.79 Å². The molecule has 0 fully saturated rings. The summed E-state index contributed by atoms with van der Waals surface area (Å²) in [6.07, 6.45) is 2.53. The first-order valence-corrected chi connectivity index (χ1v) is 3.73. The normalized spacial score (nSPS) is 9.08. The number of nitrogens with two attached hydrogens (primary N) is 1. The van der Waals surface area contributed by atoms with Gasteiger partial charge in [-0.15, -0.1) is 12.4 Å². The van der Waals surface area contributed by atoms with Crippen molar-refractivity contribution in [2.45, 2.75) is 6.42 Å². The van der Waals surface area contributed by atoms with E-state index < -0.39 is 0 Å². The Morgan fingerprint density at radius 1 is 1.69 bits per heavy atom. The van der Waals surface area contributed by atoms with Crippen LogP contribution in [0.25, 0.3) is 0 Å². The molecule has 1 aromatic rings. The van der Waals surface area contributed by atoms with Crippen molar-refractivity contribution in [1.82, 2.24) is 4.98 Å². The van der Waals surface area contributed by atoms with Gasteiger partial charge in [0.2, 0.25) is 0 Å². The number of ether oxygens (including phenoxy) is 1. The van der Waals surface area contributed by atoms with Crippen molar-refractivity contribution in [3.8, 4) is 0 Å². The Labute approximate surface area is 82.9 Å². The molecule has 0 radical (unpaired) electrons. The van der Waals surface area contributed by atoms with Crippen molar-refractivity contribution >= 4 is 18.4 Å². The zero-order valence-electron chi connectivity index (χ0n) is 7.37. The van der Waals surface area contributed by atoms with E-state index in [9.17, 15) is 4.79 Å². The van der Waals surface area contributed by atoms with Crippen LogP contribution in [0.3, 0.4) is 0 Å². The fraction of sp³-hybridized carbons (Fsp3) is 0.375. The Bertz CT molecular complexity index is 273. The molecule has 1 heterocycles. The maximum absolute atomic E-state index is 10.9. The number of carbonyl (C=O) groups is 1. The molecule has 0 saturated carbocycles. The van der Waals surface area contributed by atoms with E-state index in [1.54, 1.807) is 12.3 Å². The number of hydrogen-bond donors (Lipinski definition) is 2. The Kier molecular flexibility index (Phi) is 5.18. The van der Waals surface area contributed by atoms with Gasteiger partial charge in [0.05, 0.1) is 7.11 Å². The summed E-state index contributed by atoms with van der Waals surface area (Å²) in [5.41, 5.74) is 6.85. The summed E-state index contributed by atoms with van der Waals surface area (Å²) in [6.45, 7) is 0.582. The first-order valence-electron chi connectivity index (χ1n) is 3.73. The summed E-state index contributed by atoms with van der Waals surface area (Å²) < 4.78 is 4.53. The molecule has 0 aliphatic heterocycles. The Morgan fingerprint density at radius 3 is 2.92 bits per heavy atom. The van der Waals surface area contributed by atoms with Gasteiger partial charge in [-0.05, 0) is 24.6 Å². The van der Waals surface area contributed by atoms with Gasteiger partial charge in [-0.1, -0.05) is 0 Å². The molecular weight excluding hydrogens is 192 g/mol. The third kappa shape index (κ3) is 3.08. The highest BCUT2D eigenvalue weighted by Gasteiger charge is 2.06. The topological polar surface area (TPSA) is 68.1 Å². The minimum absolute atomic E-state index is 0. The van der Waals surface area contributed by atoms with E-state index in [4.69, 9.17) is 5.73 Å². The lowest BCUT2D eigenvalue weighted by molar-refractivity contribution is 0.0595. The summed E-state index contributed by atoms with van der Waals surface area (Å²) in [7, 11) is 1.35. The number of rotatable bonds is 3. The van der Waals surface area contributed by atoms with Crippen LogP contribution in [0.1, 0.15) is 16.1 Å². The van der Waals surface area contributed by atoms with Crippen LogP contribution in [0, 0.1) is 0 Å². The molecule has 74 valence electrons. The van der Waals surface area contributed by atoms with Gasteiger partial charge in [0.1, 0.15) is 5.69 Å². The summed E-state index contributed by atoms with van der Waals surface area (Å²) in [6, 6.07) is 1.75. The average Bonchev–Trinajstić information content (AvgIpc) is 2.52. The van der Waals surface area contributed by atoms with Crippen molar-refractivity contribution in [2.24, 2.45) is 5.73 Å². The molecule has 4 nitrogen and oxygen atoms in total. The van der Waals surface area contributed by atoms with Crippen LogP contribution in [0.4, 0.5) is 0 Å². The monoisotopic (exact) mass is 204 g/mol. The van der Waals surface area contributed by atoms with Gasteiger partial charge in [-0.2, -0.15) is 0 Å². The molecular formula is C8H13ClN2O2. The molecule has 0 aromatic carbocycles. The quantitative estimate of drug-likeness (QED) is 0.714. The molecule has 0 amide bonds. The van der Waals surface area contributed by atoms with Gasteiger partial charge >= 0.3 is 5.97 Å². The van der Waals surface area contributed by atoms with Gasteiger partial charge in [0.25, 0.3) is 0 Å². The molecule has 0 spiro atoms. The van der Waals surface area contributed by atoms with Gasteiger partial charge in [0, 0.05) is 6.20 Å². The molecule has 1 rings (SSSR count). The average molecular weight is 205 g/mol. The lowest BCUT2D eigenvalue weighted by atomic mass is 10.2. The van der Waals surface area contributed by atoms with Gasteiger partial charge in [0.15, 0.2) is 0 Å². The molecule has 0 saturated heterocycles. The number of nitrogens with one attached hydrogen (secondary N) is 1. The SMILES string of the molecule is COC(=O)c1cc(CCN)c[nH]1.Cl. The maximum Gasteiger partial charge on any atom is 0.354 e. The molecule has 0 atom stereocenters. The lowest BCUT2D eigenvalue weighted by Gasteiger charge is -1.92. The second-order valence-corrected chi connectivity index (χ2v) is 2.45. The van der Waals surface area contributed by atoms with E-state index in [1.165, 1.54) is 7.11 Å². The van der Waals surface area contributed by atoms with Crippen LogP contribution < -0.4 is 5.73 Å². The van der Waals surface area contributed by atoms with Crippen molar-refractivity contribution in [3.05, 3.63) is 23.5 Å². The number of carbonyl (C=O) groups excluding carboxylic acids is 1. The van der Waals surface area contributed by atoms with Gasteiger partial charge < -0.3 is 15.5 Å². The summed E-state index contributed by atoms with van der Waals surface area (Å²) in [5.74, 6) is -0.349. The highest BCUT2D eigenvalue weighted by molar-refractivity contribution is 5.87. The van der Waals surface area contributed by atoms with Crippen LogP contribution in [-0.2, 0) is 11.2 Å². The van der Waals surface area contributed by atoms with Crippen molar-refractivity contribution in [2.75, 3.05) is 13.7 Å². The largest absolute Gasteiger partial charge is 0.464 e. The van der Waals surface area contributed by atoms with E-state index >= 15 is 0 Å². The van der Waals surface area contributed by atoms with Crippen LogP contribution in [0.2, 0.25) is 0 Å². The third-order valence-electron chi connectivity index (χ3n) is 1.58. The number of H-pyrrole nitrogens is 1. The van der Waals surface area contributed by atoms with Crippen molar-refractivity contribution in [1.29, 1.82) is 0 Å². The predicted octanol–water partition coefficient (Wildman–Crippen LogP) is 0.724. The first kappa shape index (κ1) is 12.0. The lowest BCUT2D eigenvalue weighted by Crippen LogP contribution is -2.02. The fourth-order valence-corrected chi connectivity index (χ4v) is 0.978. The number of aromatic amines is 1. The van der Waals surface area contributed by atoms with Crippen LogP contribution in [-0.4, -0.2) is 24.6 Å². The minimum Gasteiger partial charge on any atom is -0.464 e. The van der Waals surface area contributed by atoms with E-state index in [2.05, 4.69) is 9.72 Å². The molecule has 3 N–H and O–H groups in total. The summed E-state index contributed by atoms with van der Waals surface area (Å²) in [5, 5.41) is 0. The highest BCUT2D eigenvalue weighted by Crippen LogP contribution is 2.04. The molecule has 0 aliphatic carbocycles. The van der Waals surface area contributed by atoms with Crippen LogP contribution >= 0.6 is 12.4 Å². The number of methoxy groups -OCH3 is 1. The maximum atomic E-state index is 10.9. The molecule has 0 aliphatic rings. The smallest absolute Gasteiger partial charge is 0.354 e. The molecule has 13 heavy (non-hydrogen) atoms. The summed E-state index contributed by atoms with van der Waals surface area (Å²) >= 11 is 0. The summed E-state index contributed by atoms with van der Waals surface area (Å²) in [4.78, 5) is 13.8. The molecule has 5 heteroatoms. The van der Waals surface area contributed by atoms with Crippen LogP contribution in [0.15, 0.2) is 12.3 Å². The van der Waals surface area contributed by atoms with E-state index in [-0.39, 0.29) is 18.4 Å². The van der Waals surface area contributed by atoms with E-state index in [0.29, 0.717) is 12.2 Å². The number of esters is 1. The zero-order valence-corrected chi connectivity index (χ0v) is 8.19. The second-order valence-electron chi connectivity index (χ2n) is 2.45. The Balaban J connectivity index is 0.00000144. The fourth-order valence-electron chi connectivity index (χ4n) is 0.978. The first-order chi connectivity index (χ1) is 5.77. The number of halogens is 1. The second kappa shape index (κ2) is 5.61. The Morgan fingerprint density at radius 2 is 2.38 bits per heavy atom. The van der Waals surface area contributed by atoms with Gasteiger partial charge in [-0.3, -0.25) is 0 Å². The predicted molar refractivity (Wildman–Crippen MR) is 52.1 cm³/mol. The van der Waals surface area contributed by atoms with E-state index in [0.717, 1.165) is 12.0 Å². The number of aromatic nitrogens is 1. The zero-order chi connectivity index (χ0) is 8.97.